The molecule has 0 aromatic heterocycles. The second kappa shape index (κ2) is 5.58. The van der Waals surface area contributed by atoms with Crippen LogP contribution >= 0.6 is 0 Å². The minimum Gasteiger partial charge on any atom is -0.376 e. The Bertz CT molecular complexity index is 815. The van der Waals surface area contributed by atoms with Gasteiger partial charge in [0.05, 0.1) is 4.90 Å². The maximum Gasteiger partial charge on any atom is 0.185 e. The van der Waals surface area contributed by atoms with Crippen molar-refractivity contribution in [3.05, 3.63) is 66.2 Å². The van der Waals surface area contributed by atoms with Gasteiger partial charge in [-0.3, -0.25) is 4.79 Å². The quantitative estimate of drug-likeness (QED) is 0.937. The van der Waals surface area contributed by atoms with Crippen LogP contribution in [0.3, 0.4) is 0 Å². The minimum atomic E-state index is -3.85. The van der Waals surface area contributed by atoms with E-state index in [4.69, 9.17) is 0 Å². The van der Waals surface area contributed by atoms with Crippen LogP contribution in [0.15, 0.2) is 65.6 Å². The number of hydrogen-bond acceptors (Lipinski definition) is 4. The number of rotatable bonds is 3. The molecule has 1 saturated carbocycles. The number of sulfone groups is 1. The fourth-order valence-corrected chi connectivity index (χ4v) is 5.68. The first-order valence-electron chi connectivity index (χ1n) is 7.48. The predicted octanol–water partition coefficient (Wildman–Crippen LogP) is 2.33. The molecule has 2 aromatic rings. The molecule has 0 radical (unpaired) electrons. The lowest BCUT2D eigenvalue weighted by molar-refractivity contribution is -0.133. The van der Waals surface area contributed by atoms with E-state index in [2.05, 4.69) is 0 Å². The first-order chi connectivity index (χ1) is 10.9. The summed E-state index contributed by atoms with van der Waals surface area (Å²) in [6.45, 7) is 1.70. The number of ketones is 1. The van der Waals surface area contributed by atoms with Gasteiger partial charge in [0.2, 0.25) is 0 Å². The summed E-state index contributed by atoms with van der Waals surface area (Å²) in [5.41, 5.74) is -1.67. The summed E-state index contributed by atoms with van der Waals surface area (Å²) in [6.07, 6.45) is 0.0438. The third kappa shape index (κ3) is 2.40. The Balaban J connectivity index is 2.18. The van der Waals surface area contributed by atoms with Crippen molar-refractivity contribution in [2.75, 3.05) is 0 Å². The summed E-state index contributed by atoms with van der Waals surface area (Å²) in [7, 11) is -3.85. The molecule has 3 atom stereocenters. The Hall–Kier alpha value is -1.98. The summed E-state index contributed by atoms with van der Waals surface area (Å²) < 4.78 is 26.1. The van der Waals surface area contributed by atoms with Gasteiger partial charge in [-0.1, -0.05) is 55.5 Å². The Morgan fingerprint density at radius 2 is 1.52 bits per heavy atom. The van der Waals surface area contributed by atoms with Crippen LogP contribution in [0.25, 0.3) is 0 Å². The molecule has 0 aliphatic heterocycles. The molecule has 2 aromatic carbocycles. The molecule has 1 aliphatic rings. The first kappa shape index (κ1) is 15.9. The monoisotopic (exact) mass is 330 g/mol. The molecule has 3 rings (SSSR count). The highest BCUT2D eigenvalue weighted by Crippen LogP contribution is 2.45. The van der Waals surface area contributed by atoms with Crippen molar-refractivity contribution in [3.63, 3.8) is 0 Å². The van der Waals surface area contributed by atoms with E-state index in [1.165, 1.54) is 12.1 Å². The highest BCUT2D eigenvalue weighted by molar-refractivity contribution is 7.92. The van der Waals surface area contributed by atoms with Crippen LogP contribution in [0.2, 0.25) is 0 Å². The molecule has 0 amide bonds. The lowest BCUT2D eigenvalue weighted by Gasteiger charge is -2.30. The third-order valence-corrected chi connectivity index (χ3v) is 6.88. The number of Topliss-reactive ketones (excluding diaryl/α,β-unsaturated/α-hetero) is 1. The Labute approximate surface area is 135 Å². The first-order valence-corrected chi connectivity index (χ1v) is 9.03. The van der Waals surface area contributed by atoms with Gasteiger partial charge in [-0.2, -0.15) is 0 Å². The summed E-state index contributed by atoms with van der Waals surface area (Å²) in [6, 6.07) is 16.3. The second-order valence-electron chi connectivity index (χ2n) is 6.02. The SMILES string of the molecule is C[C@@H]1CC(=O)[C@](O)(c2ccccc2)[C@H]1S(=O)(=O)c1ccccc1. The topological polar surface area (TPSA) is 71.4 Å². The number of hydrogen-bond donors (Lipinski definition) is 1. The van der Waals surface area contributed by atoms with Crippen molar-refractivity contribution in [1.29, 1.82) is 0 Å². The predicted molar refractivity (Wildman–Crippen MR) is 86.5 cm³/mol. The largest absolute Gasteiger partial charge is 0.376 e. The van der Waals surface area contributed by atoms with E-state index in [1.807, 2.05) is 0 Å². The van der Waals surface area contributed by atoms with Crippen LogP contribution < -0.4 is 0 Å². The van der Waals surface area contributed by atoms with Crippen LogP contribution in [0.1, 0.15) is 18.9 Å². The Kier molecular flexibility index (Phi) is 3.86. The molecule has 1 fully saturated rings. The molecule has 1 aliphatic carbocycles. The fraction of sp³-hybridized carbons (Fsp3) is 0.278. The van der Waals surface area contributed by atoms with Crippen molar-refractivity contribution in [2.24, 2.45) is 5.92 Å². The van der Waals surface area contributed by atoms with Gasteiger partial charge < -0.3 is 5.11 Å². The summed E-state index contributed by atoms with van der Waals surface area (Å²) in [5.74, 6) is -0.904. The molecule has 1 N–H and O–H groups in total. The molecule has 23 heavy (non-hydrogen) atoms. The maximum absolute atomic E-state index is 13.1. The van der Waals surface area contributed by atoms with Gasteiger partial charge in [0, 0.05) is 6.42 Å². The van der Waals surface area contributed by atoms with Gasteiger partial charge in [-0.05, 0) is 23.6 Å². The third-order valence-electron chi connectivity index (χ3n) is 4.48. The van der Waals surface area contributed by atoms with Crippen molar-refractivity contribution in [2.45, 2.75) is 29.1 Å². The van der Waals surface area contributed by atoms with Gasteiger partial charge in [-0.25, -0.2) is 8.42 Å². The zero-order valence-electron chi connectivity index (χ0n) is 12.7. The standard InChI is InChI=1S/C18H18O4S/c1-13-12-16(19)18(20,14-8-4-2-5-9-14)17(13)23(21,22)15-10-6-3-7-11-15/h2-11,13,17,20H,12H2,1H3/t13-,17+,18-/m1/s1. The molecule has 0 bridgehead atoms. The molecular weight excluding hydrogens is 312 g/mol. The highest BCUT2D eigenvalue weighted by Gasteiger charge is 2.59. The van der Waals surface area contributed by atoms with Crippen molar-refractivity contribution in [1.82, 2.24) is 0 Å². The summed E-state index contributed by atoms with van der Waals surface area (Å²) >= 11 is 0. The van der Waals surface area contributed by atoms with Crippen LogP contribution in [0, 0.1) is 5.92 Å². The van der Waals surface area contributed by atoms with Crippen LogP contribution in [0.5, 0.6) is 0 Å². The van der Waals surface area contributed by atoms with Gasteiger partial charge in [-0.15, -0.1) is 0 Å². The molecule has 0 spiro atoms. The van der Waals surface area contributed by atoms with E-state index < -0.39 is 32.4 Å². The van der Waals surface area contributed by atoms with Crippen LogP contribution in [-0.2, 0) is 20.2 Å². The molecule has 0 heterocycles. The Morgan fingerprint density at radius 1 is 1.00 bits per heavy atom. The van der Waals surface area contributed by atoms with Crippen LogP contribution in [-0.4, -0.2) is 24.6 Å². The molecule has 5 heteroatoms. The number of carbonyl (C=O) groups excluding carboxylic acids is 1. The van der Waals surface area contributed by atoms with E-state index in [0.717, 1.165) is 0 Å². The highest BCUT2D eigenvalue weighted by atomic mass is 32.2. The van der Waals surface area contributed by atoms with Crippen LogP contribution in [0.4, 0.5) is 0 Å². The van der Waals surface area contributed by atoms with Crippen molar-refractivity contribution < 1.29 is 18.3 Å². The smallest absolute Gasteiger partial charge is 0.185 e. The number of benzene rings is 2. The van der Waals surface area contributed by atoms with Gasteiger partial charge in [0.15, 0.2) is 21.2 Å². The van der Waals surface area contributed by atoms with E-state index in [0.29, 0.717) is 5.56 Å². The van der Waals surface area contributed by atoms with Crippen molar-refractivity contribution >= 4 is 15.6 Å². The molecule has 0 unspecified atom stereocenters. The zero-order valence-corrected chi connectivity index (χ0v) is 13.5. The molecular formula is C18H18O4S. The van der Waals surface area contributed by atoms with E-state index in [9.17, 15) is 18.3 Å². The van der Waals surface area contributed by atoms with E-state index in [-0.39, 0.29) is 11.3 Å². The zero-order chi connectivity index (χ0) is 16.7. The van der Waals surface area contributed by atoms with Gasteiger partial charge in [0.25, 0.3) is 0 Å². The molecule has 0 saturated heterocycles. The Morgan fingerprint density at radius 3 is 2.09 bits per heavy atom. The van der Waals surface area contributed by atoms with Gasteiger partial charge in [0.1, 0.15) is 5.25 Å². The van der Waals surface area contributed by atoms with Crippen molar-refractivity contribution in [3.8, 4) is 0 Å². The second-order valence-corrected chi connectivity index (χ2v) is 8.08. The molecule has 4 nitrogen and oxygen atoms in total. The number of carbonyl (C=O) groups is 1. The van der Waals surface area contributed by atoms with E-state index >= 15 is 0 Å². The summed E-state index contributed by atoms with van der Waals surface area (Å²) in [5, 5.41) is 9.94. The minimum absolute atomic E-state index is 0.0438. The lowest BCUT2D eigenvalue weighted by Crippen LogP contribution is -2.46. The fourth-order valence-electron chi connectivity index (χ4n) is 3.43. The average Bonchev–Trinajstić information content (AvgIpc) is 2.79. The maximum atomic E-state index is 13.1. The van der Waals surface area contributed by atoms with Gasteiger partial charge >= 0.3 is 0 Å². The van der Waals surface area contributed by atoms with E-state index in [1.54, 1.807) is 55.5 Å². The molecule has 120 valence electrons. The number of aliphatic hydroxyl groups is 1. The normalized spacial score (nSPS) is 28.0. The summed E-state index contributed by atoms with van der Waals surface area (Å²) in [4.78, 5) is 12.6. The lowest BCUT2D eigenvalue weighted by atomic mass is 9.90. The average molecular weight is 330 g/mol.